The predicted molar refractivity (Wildman–Crippen MR) is 69.3 cm³/mol. The van der Waals surface area contributed by atoms with Crippen LogP contribution >= 0.6 is 11.3 Å². The van der Waals surface area contributed by atoms with E-state index in [1.165, 1.54) is 29.5 Å². The number of rotatable bonds is 2. The Morgan fingerprint density at radius 2 is 1.89 bits per heavy atom. The summed E-state index contributed by atoms with van der Waals surface area (Å²) >= 11 is 1.29. The highest BCUT2D eigenvalue weighted by Gasteiger charge is 2.07. The van der Waals surface area contributed by atoms with E-state index in [1.807, 2.05) is 0 Å². The summed E-state index contributed by atoms with van der Waals surface area (Å²) in [5.74, 6) is -0.647. The monoisotopic (exact) mass is 262 g/mol. The molecule has 0 fully saturated rings. The molecule has 0 amide bonds. The molecule has 3 aromatic rings. The molecule has 0 bridgehead atoms. The van der Waals surface area contributed by atoms with E-state index in [-0.39, 0.29) is 11.6 Å². The molecule has 1 aromatic heterocycles. The second kappa shape index (κ2) is 4.34. The zero-order chi connectivity index (χ0) is 12.5. The van der Waals surface area contributed by atoms with Crippen LogP contribution in [0.25, 0.3) is 10.2 Å². The summed E-state index contributed by atoms with van der Waals surface area (Å²) in [6, 6.07) is 10.7. The smallest absolute Gasteiger partial charge is 0.188 e. The van der Waals surface area contributed by atoms with Crippen molar-refractivity contribution in [3.05, 3.63) is 54.1 Å². The Labute approximate surface area is 106 Å². The fourth-order valence-electron chi connectivity index (χ4n) is 1.63. The van der Waals surface area contributed by atoms with Gasteiger partial charge in [-0.2, -0.15) is 0 Å². The minimum atomic E-state index is -0.345. The van der Waals surface area contributed by atoms with Crippen LogP contribution in [0.2, 0.25) is 0 Å². The van der Waals surface area contributed by atoms with Crippen molar-refractivity contribution in [1.29, 1.82) is 0 Å². The highest BCUT2D eigenvalue weighted by molar-refractivity contribution is 7.22. The van der Waals surface area contributed by atoms with Gasteiger partial charge in [-0.25, -0.2) is 13.8 Å². The van der Waals surface area contributed by atoms with Crippen LogP contribution in [0, 0.1) is 11.6 Å². The van der Waals surface area contributed by atoms with Gasteiger partial charge in [0.25, 0.3) is 0 Å². The molecule has 90 valence electrons. The summed E-state index contributed by atoms with van der Waals surface area (Å²) < 4.78 is 27.2. The number of para-hydroxylation sites is 1. The van der Waals surface area contributed by atoms with Crippen molar-refractivity contribution in [1.82, 2.24) is 4.98 Å². The van der Waals surface area contributed by atoms with E-state index in [0.29, 0.717) is 16.3 Å². The number of nitrogens with zero attached hydrogens (tertiary/aromatic N) is 1. The van der Waals surface area contributed by atoms with Gasteiger partial charge in [-0.15, -0.1) is 0 Å². The summed E-state index contributed by atoms with van der Waals surface area (Å²) in [6.07, 6.45) is 0. The number of fused-ring (bicyclic) bond motifs is 1. The molecule has 0 radical (unpaired) electrons. The Balaban J connectivity index is 1.98. The minimum Gasteiger partial charge on any atom is -0.329 e. The Morgan fingerprint density at radius 3 is 2.72 bits per heavy atom. The van der Waals surface area contributed by atoms with E-state index in [9.17, 15) is 8.78 Å². The van der Waals surface area contributed by atoms with Gasteiger partial charge >= 0.3 is 0 Å². The molecule has 0 aliphatic carbocycles. The molecule has 0 unspecified atom stereocenters. The third kappa shape index (κ3) is 2.04. The van der Waals surface area contributed by atoms with Gasteiger partial charge in [0.15, 0.2) is 5.13 Å². The molecule has 1 heterocycles. The number of aromatic nitrogens is 1. The van der Waals surface area contributed by atoms with Gasteiger partial charge in [-0.3, -0.25) is 0 Å². The fraction of sp³-hybridized carbons (Fsp3) is 0. The SMILES string of the molecule is Fc1ccc2nc(Nc3ccccc3F)sc2c1. The second-order valence-corrected chi connectivity index (χ2v) is 4.77. The molecule has 18 heavy (non-hydrogen) atoms. The topological polar surface area (TPSA) is 24.9 Å². The van der Waals surface area contributed by atoms with Gasteiger partial charge < -0.3 is 5.32 Å². The van der Waals surface area contributed by atoms with Crippen LogP contribution in [0.15, 0.2) is 42.5 Å². The number of nitrogens with one attached hydrogen (secondary N) is 1. The standard InChI is InChI=1S/C13H8F2N2S/c14-8-5-6-11-12(7-8)18-13(17-11)16-10-4-2-1-3-9(10)15/h1-7H,(H,16,17). The van der Waals surface area contributed by atoms with Crippen LogP contribution in [0.5, 0.6) is 0 Å². The zero-order valence-electron chi connectivity index (χ0n) is 9.15. The van der Waals surface area contributed by atoms with Crippen molar-refractivity contribution in [2.75, 3.05) is 5.32 Å². The average molecular weight is 262 g/mol. The molecule has 1 N–H and O–H groups in total. The van der Waals surface area contributed by atoms with Crippen LogP contribution in [0.3, 0.4) is 0 Å². The maximum atomic E-state index is 13.4. The molecule has 0 saturated heterocycles. The Bertz CT molecular complexity index is 709. The summed E-state index contributed by atoms with van der Waals surface area (Å²) in [5, 5.41) is 3.43. The molecule has 0 saturated carbocycles. The molecule has 0 aliphatic heterocycles. The van der Waals surface area contributed by atoms with Crippen molar-refractivity contribution in [2.24, 2.45) is 0 Å². The Hall–Kier alpha value is -2.01. The molecular formula is C13H8F2N2S. The van der Waals surface area contributed by atoms with E-state index in [0.717, 1.165) is 4.70 Å². The Morgan fingerprint density at radius 1 is 1.06 bits per heavy atom. The molecule has 2 aromatic carbocycles. The average Bonchev–Trinajstić information content (AvgIpc) is 2.73. The normalized spacial score (nSPS) is 10.8. The number of benzene rings is 2. The van der Waals surface area contributed by atoms with Crippen molar-refractivity contribution in [3.63, 3.8) is 0 Å². The highest BCUT2D eigenvalue weighted by atomic mass is 32.1. The lowest BCUT2D eigenvalue weighted by Gasteiger charge is -2.02. The first-order valence-electron chi connectivity index (χ1n) is 5.30. The Kier molecular flexibility index (Phi) is 2.68. The molecule has 0 spiro atoms. The van der Waals surface area contributed by atoms with E-state index >= 15 is 0 Å². The van der Waals surface area contributed by atoms with Crippen molar-refractivity contribution < 1.29 is 8.78 Å². The van der Waals surface area contributed by atoms with Gasteiger partial charge in [0.2, 0.25) is 0 Å². The number of hydrogen-bond donors (Lipinski definition) is 1. The fourth-order valence-corrected chi connectivity index (χ4v) is 2.53. The van der Waals surface area contributed by atoms with Crippen LogP contribution in [-0.2, 0) is 0 Å². The second-order valence-electron chi connectivity index (χ2n) is 3.74. The lowest BCUT2D eigenvalue weighted by atomic mass is 10.3. The van der Waals surface area contributed by atoms with Crippen LogP contribution < -0.4 is 5.32 Å². The summed E-state index contributed by atoms with van der Waals surface area (Å²) in [5.41, 5.74) is 1.05. The van der Waals surface area contributed by atoms with Gasteiger partial charge in [0, 0.05) is 0 Å². The number of thiazole rings is 1. The van der Waals surface area contributed by atoms with Gasteiger partial charge in [0.1, 0.15) is 11.6 Å². The predicted octanol–water partition coefficient (Wildman–Crippen LogP) is 4.32. The molecule has 0 aliphatic rings. The zero-order valence-corrected chi connectivity index (χ0v) is 9.97. The number of halogens is 2. The minimum absolute atomic E-state index is 0.302. The van der Waals surface area contributed by atoms with Crippen LogP contribution in [0.4, 0.5) is 19.6 Å². The van der Waals surface area contributed by atoms with Crippen molar-refractivity contribution in [3.8, 4) is 0 Å². The van der Waals surface area contributed by atoms with E-state index in [2.05, 4.69) is 10.3 Å². The maximum Gasteiger partial charge on any atom is 0.188 e. The first kappa shape index (κ1) is 11.1. The maximum absolute atomic E-state index is 13.4. The van der Waals surface area contributed by atoms with Crippen LogP contribution in [-0.4, -0.2) is 4.98 Å². The largest absolute Gasteiger partial charge is 0.329 e. The quantitative estimate of drug-likeness (QED) is 0.744. The first-order chi connectivity index (χ1) is 8.72. The van der Waals surface area contributed by atoms with E-state index < -0.39 is 0 Å². The third-order valence-corrected chi connectivity index (χ3v) is 3.40. The van der Waals surface area contributed by atoms with Crippen molar-refractivity contribution >= 4 is 32.4 Å². The number of hydrogen-bond acceptors (Lipinski definition) is 3. The third-order valence-electron chi connectivity index (χ3n) is 2.47. The summed E-state index contributed by atoms with van der Waals surface area (Å²) in [7, 11) is 0. The van der Waals surface area contributed by atoms with Gasteiger partial charge in [-0.1, -0.05) is 23.5 Å². The molecular weight excluding hydrogens is 254 g/mol. The van der Waals surface area contributed by atoms with Crippen LogP contribution in [0.1, 0.15) is 0 Å². The summed E-state index contributed by atoms with van der Waals surface area (Å²) in [4.78, 5) is 4.26. The highest BCUT2D eigenvalue weighted by Crippen LogP contribution is 2.29. The van der Waals surface area contributed by atoms with E-state index in [1.54, 1.807) is 24.3 Å². The molecule has 5 heteroatoms. The van der Waals surface area contributed by atoms with E-state index in [4.69, 9.17) is 0 Å². The molecule has 0 atom stereocenters. The lowest BCUT2D eigenvalue weighted by molar-refractivity contribution is 0.630. The lowest BCUT2D eigenvalue weighted by Crippen LogP contribution is -1.91. The molecule has 3 rings (SSSR count). The van der Waals surface area contributed by atoms with Gasteiger partial charge in [-0.05, 0) is 30.3 Å². The summed E-state index contributed by atoms with van der Waals surface area (Å²) in [6.45, 7) is 0. The van der Waals surface area contributed by atoms with Gasteiger partial charge in [0.05, 0.1) is 15.9 Å². The molecule has 2 nitrogen and oxygen atoms in total. The van der Waals surface area contributed by atoms with Crippen molar-refractivity contribution in [2.45, 2.75) is 0 Å². The number of anilines is 2. The first-order valence-corrected chi connectivity index (χ1v) is 6.12.